The van der Waals surface area contributed by atoms with Crippen molar-refractivity contribution in [3.05, 3.63) is 39.6 Å². The Morgan fingerprint density at radius 3 is 2.53 bits per heavy atom. The molecule has 0 spiro atoms. The summed E-state index contributed by atoms with van der Waals surface area (Å²) >= 11 is 2.60. The Hall–Kier alpha value is -2.01. The zero-order valence-electron chi connectivity index (χ0n) is 16.9. The highest BCUT2D eigenvalue weighted by Gasteiger charge is 2.34. The number of benzene rings is 1. The van der Waals surface area contributed by atoms with Crippen LogP contribution in [-0.2, 0) is 14.8 Å². The molecule has 0 saturated carbocycles. The molecule has 0 unspecified atom stereocenters. The molecule has 3 heterocycles. The van der Waals surface area contributed by atoms with E-state index in [-0.39, 0.29) is 15.9 Å². The van der Waals surface area contributed by atoms with Crippen LogP contribution in [0.25, 0.3) is 10.2 Å². The monoisotopic (exact) mass is 466 g/mol. The van der Waals surface area contributed by atoms with Crippen LogP contribution >= 0.6 is 22.7 Å². The third-order valence-corrected chi connectivity index (χ3v) is 9.25. The fourth-order valence-electron chi connectivity index (χ4n) is 3.50. The first-order valence-corrected chi connectivity index (χ1v) is 12.6. The van der Waals surface area contributed by atoms with Crippen LogP contribution in [0, 0.1) is 13.8 Å². The molecule has 3 aromatic rings. The highest BCUT2D eigenvalue weighted by Crippen LogP contribution is 2.34. The number of hydrogen-bond acceptors (Lipinski definition) is 8. The maximum Gasteiger partial charge on any atom is 0.349 e. The quantitative estimate of drug-likeness (QED) is 0.529. The van der Waals surface area contributed by atoms with E-state index in [1.54, 1.807) is 5.38 Å². The molecular formula is C20H22N2O5S3. The maximum absolute atomic E-state index is 13.0. The number of carbonyl (C=O) groups excluding carboxylic acids is 1. The minimum absolute atomic E-state index is 0.0100. The number of methoxy groups -OCH3 is 1. The fourth-order valence-corrected chi connectivity index (χ4v) is 7.31. The highest BCUT2D eigenvalue weighted by atomic mass is 32.2. The third-order valence-electron chi connectivity index (χ3n) is 5.21. The average Bonchev–Trinajstić information content (AvgIpc) is 3.39. The van der Waals surface area contributed by atoms with Crippen molar-refractivity contribution in [1.29, 1.82) is 0 Å². The van der Waals surface area contributed by atoms with Crippen LogP contribution < -0.4 is 4.74 Å². The molecule has 0 aliphatic carbocycles. The van der Waals surface area contributed by atoms with Crippen molar-refractivity contribution in [3.63, 3.8) is 0 Å². The number of carbonyl (C=O) groups is 1. The molecule has 1 aliphatic heterocycles. The van der Waals surface area contributed by atoms with E-state index in [1.807, 2.05) is 6.92 Å². The SMILES string of the molecule is COC(=O)c1sccc1S(=O)(=O)N1CCC(Oc2nc3c(C)ccc(C)c3s2)CC1. The van der Waals surface area contributed by atoms with Crippen LogP contribution in [0.1, 0.15) is 33.6 Å². The number of esters is 1. The Kier molecular flexibility index (Phi) is 5.84. The summed E-state index contributed by atoms with van der Waals surface area (Å²) < 4.78 is 39.4. The molecule has 2 aromatic heterocycles. The first-order valence-electron chi connectivity index (χ1n) is 9.50. The molecule has 1 aliphatic rings. The van der Waals surface area contributed by atoms with Gasteiger partial charge in [-0.2, -0.15) is 4.31 Å². The van der Waals surface area contributed by atoms with Gasteiger partial charge in [-0.25, -0.2) is 18.2 Å². The molecule has 0 bridgehead atoms. The summed E-state index contributed by atoms with van der Waals surface area (Å²) in [6, 6.07) is 5.59. The second kappa shape index (κ2) is 8.26. The van der Waals surface area contributed by atoms with Gasteiger partial charge in [0.15, 0.2) is 0 Å². The van der Waals surface area contributed by atoms with E-state index in [4.69, 9.17) is 9.47 Å². The number of hydrogen-bond donors (Lipinski definition) is 0. The van der Waals surface area contributed by atoms with Gasteiger partial charge in [-0.05, 0) is 49.3 Å². The molecule has 0 N–H and O–H groups in total. The summed E-state index contributed by atoms with van der Waals surface area (Å²) in [6.07, 6.45) is 1.02. The van der Waals surface area contributed by atoms with E-state index in [2.05, 4.69) is 24.0 Å². The number of piperidine rings is 1. The van der Waals surface area contributed by atoms with Crippen LogP contribution in [0.5, 0.6) is 5.19 Å². The van der Waals surface area contributed by atoms with Gasteiger partial charge in [-0.3, -0.25) is 0 Å². The van der Waals surface area contributed by atoms with E-state index in [0.29, 0.717) is 31.1 Å². The molecule has 10 heteroatoms. The largest absolute Gasteiger partial charge is 0.467 e. The zero-order valence-corrected chi connectivity index (χ0v) is 19.3. The van der Waals surface area contributed by atoms with Crippen LogP contribution in [0.15, 0.2) is 28.5 Å². The third kappa shape index (κ3) is 3.84. The second-order valence-electron chi connectivity index (χ2n) is 7.18. The number of rotatable bonds is 5. The van der Waals surface area contributed by atoms with Gasteiger partial charge in [0, 0.05) is 13.1 Å². The normalized spacial score (nSPS) is 16.1. The van der Waals surface area contributed by atoms with Crippen molar-refractivity contribution in [2.45, 2.75) is 37.7 Å². The minimum atomic E-state index is -3.76. The summed E-state index contributed by atoms with van der Waals surface area (Å²) in [5, 5.41) is 2.21. The number of ether oxygens (including phenoxy) is 2. The Labute approximate surface area is 183 Å². The molecule has 0 atom stereocenters. The Balaban J connectivity index is 1.45. The van der Waals surface area contributed by atoms with Crippen LogP contribution in [-0.4, -0.2) is 50.0 Å². The molecule has 7 nitrogen and oxygen atoms in total. The summed E-state index contributed by atoms with van der Waals surface area (Å²) in [4.78, 5) is 16.6. The molecule has 30 heavy (non-hydrogen) atoms. The smallest absolute Gasteiger partial charge is 0.349 e. The lowest BCUT2D eigenvalue weighted by Crippen LogP contribution is -2.41. The molecule has 160 valence electrons. The van der Waals surface area contributed by atoms with Crippen molar-refractivity contribution in [1.82, 2.24) is 9.29 Å². The molecule has 1 saturated heterocycles. The van der Waals surface area contributed by atoms with E-state index >= 15 is 0 Å². The van der Waals surface area contributed by atoms with Gasteiger partial charge < -0.3 is 9.47 Å². The number of nitrogens with zero attached hydrogens (tertiary/aromatic N) is 2. The van der Waals surface area contributed by atoms with Gasteiger partial charge in [0.1, 0.15) is 15.9 Å². The standard InChI is InChI=1S/C20H22N2O5S3/c1-12-4-5-13(2)17-16(12)21-20(29-17)27-14-6-9-22(10-7-14)30(24,25)15-8-11-28-18(15)19(23)26-3/h4-5,8,11,14H,6-7,9-10H2,1-3H3. The molecule has 1 aromatic carbocycles. The van der Waals surface area contributed by atoms with Crippen molar-refractivity contribution in [3.8, 4) is 5.19 Å². The number of aromatic nitrogens is 1. The van der Waals surface area contributed by atoms with Crippen LogP contribution in [0.2, 0.25) is 0 Å². The summed E-state index contributed by atoms with van der Waals surface area (Å²) in [6.45, 7) is 4.74. The van der Waals surface area contributed by atoms with Crippen molar-refractivity contribution in [2.75, 3.05) is 20.2 Å². The number of aryl methyl sites for hydroxylation is 2. The lowest BCUT2D eigenvalue weighted by molar-refractivity contribution is 0.0602. The number of thiazole rings is 1. The van der Waals surface area contributed by atoms with Crippen molar-refractivity contribution in [2.24, 2.45) is 0 Å². The predicted molar refractivity (Wildman–Crippen MR) is 117 cm³/mol. The van der Waals surface area contributed by atoms with Gasteiger partial charge in [0.2, 0.25) is 10.0 Å². The first-order chi connectivity index (χ1) is 14.3. The molecule has 0 amide bonds. The lowest BCUT2D eigenvalue weighted by Gasteiger charge is -2.30. The predicted octanol–water partition coefficient (Wildman–Crippen LogP) is 3.99. The van der Waals surface area contributed by atoms with E-state index in [9.17, 15) is 13.2 Å². The summed E-state index contributed by atoms with van der Waals surface area (Å²) in [5.41, 5.74) is 3.24. The highest BCUT2D eigenvalue weighted by molar-refractivity contribution is 7.89. The summed E-state index contributed by atoms with van der Waals surface area (Å²) in [5.74, 6) is -0.636. The van der Waals surface area contributed by atoms with E-state index < -0.39 is 16.0 Å². The minimum Gasteiger partial charge on any atom is -0.467 e. The van der Waals surface area contributed by atoms with Crippen molar-refractivity contribution >= 4 is 48.9 Å². The second-order valence-corrected chi connectivity index (χ2v) is 11.0. The molecule has 0 radical (unpaired) electrons. The summed E-state index contributed by atoms with van der Waals surface area (Å²) in [7, 11) is -2.52. The van der Waals surface area contributed by atoms with Gasteiger partial charge in [0.25, 0.3) is 5.19 Å². The topological polar surface area (TPSA) is 85.8 Å². The Morgan fingerprint density at radius 2 is 1.87 bits per heavy atom. The van der Waals surface area contributed by atoms with Crippen LogP contribution in [0.3, 0.4) is 0 Å². The first kappa shape index (κ1) is 21.2. The van der Waals surface area contributed by atoms with Gasteiger partial charge in [-0.1, -0.05) is 23.5 Å². The zero-order chi connectivity index (χ0) is 21.5. The van der Waals surface area contributed by atoms with Gasteiger partial charge >= 0.3 is 5.97 Å². The molecule has 1 fully saturated rings. The average molecular weight is 467 g/mol. The van der Waals surface area contributed by atoms with Crippen LogP contribution in [0.4, 0.5) is 0 Å². The van der Waals surface area contributed by atoms with E-state index in [0.717, 1.165) is 27.1 Å². The fraction of sp³-hybridized carbons (Fsp3) is 0.400. The van der Waals surface area contributed by atoms with Crippen molar-refractivity contribution < 1.29 is 22.7 Å². The maximum atomic E-state index is 13.0. The number of sulfonamides is 1. The van der Waals surface area contributed by atoms with Gasteiger partial charge in [0.05, 0.1) is 17.3 Å². The molecule has 4 rings (SSSR count). The number of thiophene rings is 1. The molecular weight excluding hydrogens is 444 g/mol. The Bertz CT molecular complexity index is 1150. The lowest BCUT2D eigenvalue weighted by atomic mass is 10.1. The van der Waals surface area contributed by atoms with E-state index in [1.165, 1.54) is 34.4 Å². The van der Waals surface area contributed by atoms with Gasteiger partial charge in [-0.15, -0.1) is 11.3 Å². The Morgan fingerprint density at radius 1 is 1.17 bits per heavy atom. The number of fused-ring (bicyclic) bond motifs is 1.